The van der Waals surface area contributed by atoms with E-state index in [-0.39, 0.29) is 11.3 Å². The Bertz CT molecular complexity index is 852. The average molecular weight is 477 g/mol. The Morgan fingerprint density at radius 2 is 1.15 bits per heavy atom. The lowest BCUT2D eigenvalue weighted by Gasteiger charge is -2.11. The van der Waals surface area contributed by atoms with Crippen molar-refractivity contribution >= 4 is 5.97 Å². The molecular formula is C28H38F2O4. The van der Waals surface area contributed by atoms with E-state index in [4.69, 9.17) is 14.2 Å². The molecule has 0 N–H and O–H groups in total. The summed E-state index contributed by atoms with van der Waals surface area (Å²) in [6.07, 6.45) is 12.2. The minimum Gasteiger partial charge on any atom is -0.494 e. The van der Waals surface area contributed by atoms with E-state index in [0.717, 1.165) is 32.1 Å². The summed E-state index contributed by atoms with van der Waals surface area (Å²) < 4.78 is 44.9. The number of benzene rings is 2. The van der Waals surface area contributed by atoms with Crippen LogP contribution in [0.4, 0.5) is 8.78 Å². The first-order valence-electron chi connectivity index (χ1n) is 12.6. The van der Waals surface area contributed by atoms with Crippen molar-refractivity contribution in [1.82, 2.24) is 0 Å². The van der Waals surface area contributed by atoms with E-state index in [2.05, 4.69) is 13.8 Å². The fourth-order valence-electron chi connectivity index (χ4n) is 3.51. The van der Waals surface area contributed by atoms with Crippen molar-refractivity contribution in [2.45, 2.75) is 84.5 Å². The summed E-state index contributed by atoms with van der Waals surface area (Å²) >= 11 is 0. The predicted octanol–water partition coefficient (Wildman–Crippen LogP) is 8.27. The average Bonchev–Trinajstić information content (AvgIpc) is 2.85. The number of hydrogen-bond donors (Lipinski definition) is 0. The van der Waals surface area contributed by atoms with E-state index in [1.54, 1.807) is 24.3 Å². The van der Waals surface area contributed by atoms with Crippen LogP contribution >= 0.6 is 0 Å². The Labute approximate surface area is 202 Å². The zero-order valence-corrected chi connectivity index (χ0v) is 20.5. The molecule has 0 saturated carbocycles. The van der Waals surface area contributed by atoms with Gasteiger partial charge in [-0.3, -0.25) is 0 Å². The van der Waals surface area contributed by atoms with Crippen LogP contribution < -0.4 is 14.2 Å². The van der Waals surface area contributed by atoms with Crippen molar-refractivity contribution in [1.29, 1.82) is 0 Å². The summed E-state index contributed by atoms with van der Waals surface area (Å²) in [5, 5.41) is 0. The van der Waals surface area contributed by atoms with Crippen LogP contribution in [-0.2, 0) is 0 Å². The summed E-state index contributed by atoms with van der Waals surface area (Å²) in [6.45, 7) is 5.26. The third-order valence-electron chi connectivity index (χ3n) is 5.58. The number of carbonyl (C=O) groups excluding carboxylic acids is 1. The molecule has 4 nitrogen and oxygen atoms in total. The van der Waals surface area contributed by atoms with E-state index in [1.807, 2.05) is 0 Å². The van der Waals surface area contributed by atoms with Crippen molar-refractivity contribution < 1.29 is 27.8 Å². The van der Waals surface area contributed by atoms with Gasteiger partial charge in [0.15, 0.2) is 11.5 Å². The van der Waals surface area contributed by atoms with Crippen molar-refractivity contribution in [2.24, 2.45) is 0 Å². The molecule has 2 aromatic carbocycles. The molecule has 0 unspecified atom stereocenters. The van der Waals surface area contributed by atoms with Crippen LogP contribution in [0.25, 0.3) is 0 Å². The molecule has 0 aromatic heterocycles. The first-order valence-corrected chi connectivity index (χ1v) is 12.6. The molecule has 0 atom stereocenters. The molecule has 2 aromatic rings. The quantitative estimate of drug-likeness (QED) is 0.131. The van der Waals surface area contributed by atoms with Gasteiger partial charge >= 0.3 is 5.97 Å². The Morgan fingerprint density at radius 1 is 0.647 bits per heavy atom. The maximum Gasteiger partial charge on any atom is 0.343 e. The minimum atomic E-state index is -1.24. The highest BCUT2D eigenvalue weighted by molar-refractivity contribution is 5.91. The van der Waals surface area contributed by atoms with Crippen LogP contribution in [0.1, 0.15) is 94.8 Å². The highest BCUT2D eigenvalue weighted by Gasteiger charge is 2.19. The van der Waals surface area contributed by atoms with Gasteiger partial charge in [0.1, 0.15) is 5.75 Å². The highest BCUT2D eigenvalue weighted by Crippen LogP contribution is 2.28. The first kappa shape index (κ1) is 27.6. The SMILES string of the molecule is CCCCCCCCOc1ccc(OC(=O)c2ccc(OCCCCCCC)cc2)c(F)c1F. The van der Waals surface area contributed by atoms with Gasteiger partial charge in [-0.15, -0.1) is 0 Å². The third-order valence-corrected chi connectivity index (χ3v) is 5.58. The largest absolute Gasteiger partial charge is 0.494 e. The van der Waals surface area contributed by atoms with Crippen LogP contribution in [0.15, 0.2) is 36.4 Å². The highest BCUT2D eigenvalue weighted by atomic mass is 19.2. The Balaban J connectivity index is 1.80. The summed E-state index contributed by atoms with van der Waals surface area (Å²) in [5.74, 6) is -3.17. The minimum absolute atomic E-state index is 0.179. The number of carbonyl (C=O) groups is 1. The standard InChI is InChI=1S/C28H38F2O4/c1-3-5-7-9-11-13-21-33-24-18-19-25(27(30)26(24)29)34-28(31)22-14-16-23(17-15-22)32-20-12-10-8-6-4-2/h14-19H,3-13,20-21H2,1-2H3. The van der Waals surface area contributed by atoms with E-state index in [1.165, 1.54) is 50.7 Å². The summed E-state index contributed by atoms with van der Waals surface area (Å²) in [7, 11) is 0. The number of ether oxygens (including phenoxy) is 3. The van der Waals surface area contributed by atoms with Gasteiger partial charge in [0.25, 0.3) is 0 Å². The fraction of sp³-hybridized carbons (Fsp3) is 0.536. The Morgan fingerprint density at radius 3 is 1.76 bits per heavy atom. The molecule has 0 heterocycles. The predicted molar refractivity (Wildman–Crippen MR) is 131 cm³/mol. The van der Waals surface area contributed by atoms with E-state index < -0.39 is 23.4 Å². The van der Waals surface area contributed by atoms with Gasteiger partial charge in [-0.25, -0.2) is 4.79 Å². The molecule has 6 heteroatoms. The van der Waals surface area contributed by atoms with E-state index in [9.17, 15) is 13.6 Å². The number of unbranched alkanes of at least 4 members (excludes halogenated alkanes) is 9. The molecule has 0 saturated heterocycles. The molecule has 0 amide bonds. The Hall–Kier alpha value is -2.63. The number of esters is 1. The maximum atomic E-state index is 14.4. The number of hydrogen-bond acceptors (Lipinski definition) is 4. The molecule has 0 spiro atoms. The maximum absolute atomic E-state index is 14.4. The topological polar surface area (TPSA) is 44.8 Å². The summed E-state index contributed by atoms with van der Waals surface area (Å²) in [4.78, 5) is 12.4. The van der Waals surface area contributed by atoms with Crippen LogP contribution in [0.3, 0.4) is 0 Å². The van der Waals surface area contributed by atoms with Crippen molar-refractivity contribution in [3.63, 3.8) is 0 Å². The van der Waals surface area contributed by atoms with E-state index in [0.29, 0.717) is 19.0 Å². The summed E-state index contributed by atoms with van der Waals surface area (Å²) in [6, 6.07) is 8.91. The molecule has 2 rings (SSSR count). The molecular weight excluding hydrogens is 438 g/mol. The molecule has 0 aliphatic heterocycles. The number of rotatable bonds is 17. The van der Waals surface area contributed by atoms with Crippen LogP contribution in [0, 0.1) is 11.6 Å². The van der Waals surface area contributed by atoms with Gasteiger partial charge in [0.05, 0.1) is 18.8 Å². The molecule has 0 bridgehead atoms. The molecule has 188 valence electrons. The van der Waals surface area contributed by atoms with Crippen molar-refractivity contribution in [2.75, 3.05) is 13.2 Å². The second-order valence-corrected chi connectivity index (χ2v) is 8.48. The van der Waals surface area contributed by atoms with Gasteiger partial charge < -0.3 is 14.2 Å². The fourth-order valence-corrected chi connectivity index (χ4v) is 3.51. The molecule has 0 aliphatic rings. The smallest absolute Gasteiger partial charge is 0.343 e. The lowest BCUT2D eigenvalue weighted by molar-refractivity contribution is 0.0726. The lowest BCUT2D eigenvalue weighted by Crippen LogP contribution is -2.10. The molecule has 0 fully saturated rings. The zero-order chi connectivity index (χ0) is 24.6. The monoisotopic (exact) mass is 476 g/mol. The molecule has 34 heavy (non-hydrogen) atoms. The second-order valence-electron chi connectivity index (χ2n) is 8.48. The van der Waals surface area contributed by atoms with Gasteiger partial charge in [0.2, 0.25) is 11.6 Å². The molecule has 0 radical (unpaired) electrons. The molecule has 0 aliphatic carbocycles. The summed E-state index contributed by atoms with van der Waals surface area (Å²) in [5.41, 5.74) is 0.221. The normalized spacial score (nSPS) is 10.8. The second kappa shape index (κ2) is 16.1. The number of halogens is 2. The Kier molecular flexibility index (Phi) is 13.1. The van der Waals surface area contributed by atoms with Gasteiger partial charge in [-0.2, -0.15) is 8.78 Å². The van der Waals surface area contributed by atoms with Gasteiger partial charge in [0, 0.05) is 0 Å². The van der Waals surface area contributed by atoms with Crippen LogP contribution in [-0.4, -0.2) is 19.2 Å². The van der Waals surface area contributed by atoms with Crippen LogP contribution in [0.5, 0.6) is 17.2 Å². The first-order chi connectivity index (χ1) is 16.6. The van der Waals surface area contributed by atoms with Gasteiger partial charge in [-0.1, -0.05) is 71.6 Å². The van der Waals surface area contributed by atoms with E-state index >= 15 is 0 Å². The zero-order valence-electron chi connectivity index (χ0n) is 20.5. The van der Waals surface area contributed by atoms with Gasteiger partial charge in [-0.05, 0) is 49.2 Å². The lowest BCUT2D eigenvalue weighted by atomic mass is 10.1. The third kappa shape index (κ3) is 9.70. The van der Waals surface area contributed by atoms with Crippen molar-refractivity contribution in [3.8, 4) is 17.2 Å². The van der Waals surface area contributed by atoms with Crippen molar-refractivity contribution in [3.05, 3.63) is 53.6 Å². The van der Waals surface area contributed by atoms with Crippen LogP contribution in [0.2, 0.25) is 0 Å².